The van der Waals surface area contributed by atoms with Gasteiger partial charge in [-0.2, -0.15) is 4.98 Å². The Bertz CT molecular complexity index is 823. The van der Waals surface area contributed by atoms with E-state index >= 15 is 0 Å². The zero-order valence-electron chi connectivity index (χ0n) is 13.7. The number of nitrogens with zero attached hydrogens (tertiary/aromatic N) is 3. The highest BCUT2D eigenvalue weighted by molar-refractivity contribution is 5.76. The number of piperazine rings is 1. The minimum Gasteiger partial charge on any atom is -0.487 e. The molecule has 0 unspecified atom stereocenters. The maximum Gasteiger partial charge on any atom is 0.298 e. The zero-order chi connectivity index (χ0) is 16.4. The Labute approximate surface area is 140 Å². The lowest BCUT2D eigenvalue weighted by atomic mass is 10.3. The van der Waals surface area contributed by atoms with Crippen molar-refractivity contribution in [1.82, 2.24) is 15.3 Å². The van der Waals surface area contributed by atoms with Gasteiger partial charge in [-0.25, -0.2) is 0 Å². The van der Waals surface area contributed by atoms with Gasteiger partial charge in [-0.3, -0.25) is 4.98 Å². The first-order chi connectivity index (χ1) is 11.8. The van der Waals surface area contributed by atoms with E-state index in [1.165, 1.54) is 0 Å². The second-order valence-corrected chi connectivity index (χ2v) is 5.98. The summed E-state index contributed by atoms with van der Waals surface area (Å²) in [5, 5.41) is 3.33. The van der Waals surface area contributed by atoms with Crippen LogP contribution < -0.4 is 15.0 Å². The van der Waals surface area contributed by atoms with Crippen molar-refractivity contribution in [3.63, 3.8) is 0 Å². The molecule has 0 aliphatic carbocycles. The number of hydrogen-bond acceptors (Lipinski definition) is 6. The molecule has 1 fully saturated rings. The lowest BCUT2D eigenvalue weighted by molar-refractivity contribution is 0.301. The number of nitrogens with one attached hydrogen (secondary N) is 1. The Hall–Kier alpha value is -2.60. The summed E-state index contributed by atoms with van der Waals surface area (Å²) in [5.41, 5.74) is 3.65. The van der Waals surface area contributed by atoms with E-state index in [-0.39, 0.29) is 0 Å². The molecule has 0 amide bonds. The van der Waals surface area contributed by atoms with Crippen LogP contribution in [0, 0.1) is 6.92 Å². The first-order valence-corrected chi connectivity index (χ1v) is 8.18. The van der Waals surface area contributed by atoms with Crippen LogP contribution in [0.25, 0.3) is 11.1 Å². The third kappa shape index (κ3) is 3.19. The SMILES string of the molecule is Cc1ccc(COc2ccc3oc(N4CCNCC4)nc3c2)nc1. The minimum absolute atomic E-state index is 0.439. The maximum atomic E-state index is 5.86. The van der Waals surface area contributed by atoms with Crippen LogP contribution in [0.2, 0.25) is 0 Å². The van der Waals surface area contributed by atoms with Crippen molar-refractivity contribution in [2.75, 3.05) is 31.1 Å². The molecule has 1 N–H and O–H groups in total. The van der Waals surface area contributed by atoms with Gasteiger partial charge >= 0.3 is 0 Å². The topological polar surface area (TPSA) is 63.4 Å². The van der Waals surface area contributed by atoms with Gasteiger partial charge in [0.05, 0.1) is 5.69 Å². The molecule has 0 saturated carbocycles. The first-order valence-electron chi connectivity index (χ1n) is 8.18. The highest BCUT2D eigenvalue weighted by atomic mass is 16.5. The van der Waals surface area contributed by atoms with Crippen molar-refractivity contribution in [2.45, 2.75) is 13.5 Å². The van der Waals surface area contributed by atoms with Crippen molar-refractivity contribution in [1.29, 1.82) is 0 Å². The van der Waals surface area contributed by atoms with Crippen molar-refractivity contribution in [2.24, 2.45) is 0 Å². The number of benzene rings is 1. The van der Waals surface area contributed by atoms with Crippen LogP contribution in [0.4, 0.5) is 6.01 Å². The van der Waals surface area contributed by atoms with Crippen LogP contribution in [0.1, 0.15) is 11.3 Å². The van der Waals surface area contributed by atoms with E-state index in [1.54, 1.807) is 0 Å². The third-order valence-electron chi connectivity index (χ3n) is 4.09. The number of anilines is 1. The molecule has 3 aromatic rings. The van der Waals surface area contributed by atoms with E-state index in [9.17, 15) is 0 Å². The molecule has 0 spiro atoms. The van der Waals surface area contributed by atoms with Crippen LogP contribution >= 0.6 is 0 Å². The Morgan fingerprint density at radius 3 is 2.88 bits per heavy atom. The van der Waals surface area contributed by atoms with Crippen LogP contribution in [-0.4, -0.2) is 36.1 Å². The molecule has 124 valence electrons. The quantitative estimate of drug-likeness (QED) is 0.795. The number of oxazole rings is 1. The van der Waals surface area contributed by atoms with Gasteiger partial charge in [0.1, 0.15) is 17.9 Å². The molecule has 6 nitrogen and oxygen atoms in total. The molecule has 2 aromatic heterocycles. The molecule has 1 aromatic carbocycles. The maximum absolute atomic E-state index is 5.86. The smallest absolute Gasteiger partial charge is 0.298 e. The molecule has 1 saturated heterocycles. The second-order valence-electron chi connectivity index (χ2n) is 5.98. The summed E-state index contributed by atoms with van der Waals surface area (Å²) in [7, 11) is 0. The number of rotatable bonds is 4. The number of pyridine rings is 1. The van der Waals surface area contributed by atoms with Crippen LogP contribution in [0.3, 0.4) is 0 Å². The summed E-state index contributed by atoms with van der Waals surface area (Å²) in [6.45, 7) is 6.19. The third-order valence-corrected chi connectivity index (χ3v) is 4.09. The van der Waals surface area contributed by atoms with Gasteiger partial charge < -0.3 is 19.4 Å². The number of fused-ring (bicyclic) bond motifs is 1. The van der Waals surface area contributed by atoms with Gasteiger partial charge in [-0.15, -0.1) is 0 Å². The summed E-state index contributed by atoms with van der Waals surface area (Å²) in [6.07, 6.45) is 1.85. The molecule has 1 aliphatic rings. The van der Waals surface area contributed by atoms with Crippen molar-refractivity contribution in [3.8, 4) is 5.75 Å². The fourth-order valence-corrected chi connectivity index (χ4v) is 2.72. The molecule has 3 heterocycles. The standard InChI is InChI=1S/C18H20N4O2/c1-13-2-3-14(20-11-13)12-23-15-4-5-17-16(10-15)21-18(24-17)22-8-6-19-7-9-22/h2-5,10-11,19H,6-9,12H2,1H3. The summed E-state index contributed by atoms with van der Waals surface area (Å²) >= 11 is 0. The van der Waals surface area contributed by atoms with Crippen LogP contribution in [0.5, 0.6) is 5.75 Å². The predicted molar refractivity (Wildman–Crippen MR) is 92.4 cm³/mol. The molecule has 0 atom stereocenters. The minimum atomic E-state index is 0.439. The number of ether oxygens (including phenoxy) is 1. The van der Waals surface area contributed by atoms with Gasteiger partial charge in [0.15, 0.2) is 5.58 Å². The Morgan fingerprint density at radius 2 is 2.08 bits per heavy atom. The van der Waals surface area contributed by atoms with E-state index in [4.69, 9.17) is 9.15 Å². The van der Waals surface area contributed by atoms with Crippen molar-refractivity contribution in [3.05, 3.63) is 47.8 Å². The van der Waals surface area contributed by atoms with E-state index in [1.807, 2.05) is 43.5 Å². The lowest BCUT2D eigenvalue weighted by Crippen LogP contribution is -2.43. The average molecular weight is 324 g/mol. The first kappa shape index (κ1) is 15.0. The van der Waals surface area contributed by atoms with E-state index in [0.717, 1.165) is 54.3 Å². The van der Waals surface area contributed by atoms with Crippen LogP contribution in [-0.2, 0) is 6.61 Å². The molecule has 6 heteroatoms. The van der Waals surface area contributed by atoms with Gasteiger partial charge in [-0.1, -0.05) is 6.07 Å². The van der Waals surface area contributed by atoms with Gasteiger partial charge in [-0.05, 0) is 30.7 Å². The molecule has 4 rings (SSSR count). The summed E-state index contributed by atoms with van der Waals surface area (Å²) < 4.78 is 11.7. The molecule has 0 bridgehead atoms. The molecular weight excluding hydrogens is 304 g/mol. The molecule has 1 aliphatic heterocycles. The van der Waals surface area contributed by atoms with E-state index < -0.39 is 0 Å². The van der Waals surface area contributed by atoms with Gasteiger partial charge in [0, 0.05) is 38.4 Å². The fourth-order valence-electron chi connectivity index (χ4n) is 2.72. The van der Waals surface area contributed by atoms with Crippen molar-refractivity contribution < 1.29 is 9.15 Å². The normalized spacial score (nSPS) is 15.0. The van der Waals surface area contributed by atoms with Gasteiger partial charge in [0.2, 0.25) is 0 Å². The lowest BCUT2D eigenvalue weighted by Gasteiger charge is -2.25. The molecular formula is C18H20N4O2. The van der Waals surface area contributed by atoms with E-state index in [2.05, 4.69) is 20.2 Å². The number of aryl methyl sites for hydroxylation is 1. The monoisotopic (exact) mass is 324 g/mol. The Kier molecular flexibility index (Phi) is 4.04. The zero-order valence-corrected chi connectivity index (χ0v) is 13.7. The highest BCUT2D eigenvalue weighted by Gasteiger charge is 2.16. The Balaban J connectivity index is 1.49. The average Bonchev–Trinajstić information content (AvgIpc) is 3.05. The molecule has 0 radical (unpaired) electrons. The largest absolute Gasteiger partial charge is 0.487 e. The number of hydrogen-bond donors (Lipinski definition) is 1. The number of aromatic nitrogens is 2. The van der Waals surface area contributed by atoms with E-state index in [0.29, 0.717) is 12.6 Å². The van der Waals surface area contributed by atoms with Crippen molar-refractivity contribution >= 4 is 17.1 Å². The summed E-state index contributed by atoms with van der Waals surface area (Å²) in [4.78, 5) is 11.1. The Morgan fingerprint density at radius 1 is 1.21 bits per heavy atom. The highest BCUT2D eigenvalue weighted by Crippen LogP contribution is 2.26. The molecule has 24 heavy (non-hydrogen) atoms. The predicted octanol–water partition coefficient (Wildman–Crippen LogP) is 2.52. The summed E-state index contributed by atoms with van der Waals surface area (Å²) in [6, 6.07) is 10.4. The van der Waals surface area contributed by atoms with Gasteiger partial charge in [0.25, 0.3) is 6.01 Å². The fraction of sp³-hybridized carbons (Fsp3) is 0.333. The van der Waals surface area contributed by atoms with Crippen LogP contribution in [0.15, 0.2) is 40.9 Å². The second kappa shape index (κ2) is 6.49. The summed E-state index contributed by atoms with van der Waals surface area (Å²) in [5.74, 6) is 0.769.